The average molecular weight is 1300 g/mol. The molecule has 0 radical (unpaired) electrons. The lowest BCUT2D eigenvalue weighted by atomic mass is 9.95. The van der Waals surface area contributed by atoms with Gasteiger partial charge in [-0.2, -0.15) is 0 Å². The number of hydrogen-bond acceptors (Lipinski definition) is 39. The fourth-order valence-corrected chi connectivity index (χ4v) is 12.2. The summed E-state index contributed by atoms with van der Waals surface area (Å²) >= 11 is 0. The minimum absolute atomic E-state index is 0.0167. The summed E-state index contributed by atoms with van der Waals surface area (Å²) in [6, 6.07) is 0. The predicted molar refractivity (Wildman–Crippen MR) is 267 cm³/mol. The zero-order valence-corrected chi connectivity index (χ0v) is 46.7. The van der Waals surface area contributed by atoms with Crippen LogP contribution in [-0.2, 0) is 77.6 Å². The van der Waals surface area contributed by atoms with Crippen LogP contribution in [0.25, 0.3) is 0 Å². The Morgan fingerprint density at radius 2 is 0.517 bits per heavy atom. The number of nitrogens with zero attached hydrogens (tertiary/aromatic N) is 3. The highest BCUT2D eigenvalue weighted by Crippen LogP contribution is 2.40. The number of rotatable bonds is 10. The van der Waals surface area contributed by atoms with Crippen LogP contribution in [0.4, 0.5) is 0 Å². The molecule has 0 aliphatic carbocycles. The second kappa shape index (κ2) is 29.3. The first-order chi connectivity index (χ1) is 42.5. The van der Waals surface area contributed by atoms with Gasteiger partial charge in [0.2, 0.25) is 0 Å². The highest BCUT2D eigenvalue weighted by atomic mass is 16.8. The highest BCUT2D eigenvalue weighted by Gasteiger charge is 2.60. The normalized spacial score (nSPS) is 52.9. The van der Waals surface area contributed by atoms with Gasteiger partial charge < -0.3 is 183 Å². The van der Waals surface area contributed by atoms with Crippen molar-refractivity contribution in [3.63, 3.8) is 0 Å². The van der Waals surface area contributed by atoms with Gasteiger partial charge in [0.05, 0.1) is 65.1 Å². The Morgan fingerprint density at radius 3 is 0.742 bits per heavy atom. The highest BCUT2D eigenvalue weighted by molar-refractivity contribution is 5.05. The van der Waals surface area contributed by atoms with E-state index in [-0.39, 0.29) is 12.1 Å². The van der Waals surface area contributed by atoms with Crippen molar-refractivity contribution in [3.8, 4) is 0 Å². The van der Waals surface area contributed by atoms with Gasteiger partial charge in [-0.05, 0) is 0 Å². The van der Waals surface area contributed by atoms with E-state index in [2.05, 4.69) is 10.3 Å². The minimum Gasteiger partial charge on any atom is -0.394 e. The van der Waals surface area contributed by atoms with Crippen LogP contribution in [0.1, 0.15) is 18.2 Å². The van der Waals surface area contributed by atoms with E-state index < -0.39 is 286 Å². The van der Waals surface area contributed by atoms with Gasteiger partial charge in [-0.15, -0.1) is 5.10 Å². The van der Waals surface area contributed by atoms with E-state index in [0.717, 1.165) is 4.68 Å². The van der Waals surface area contributed by atoms with Gasteiger partial charge in [-0.25, -0.2) is 4.68 Å². The zero-order chi connectivity index (χ0) is 64.2. The van der Waals surface area contributed by atoms with Crippen LogP contribution >= 0.6 is 0 Å². The van der Waals surface area contributed by atoms with Crippen molar-refractivity contribution in [1.82, 2.24) is 15.0 Å². The van der Waals surface area contributed by atoms with Crippen molar-refractivity contribution in [2.24, 2.45) is 0 Å². The molecule has 23 heterocycles. The molecule has 0 amide bonds. The molecule has 14 bridgehead atoms. The maximum absolute atomic E-state index is 11.9. The molecule has 512 valence electrons. The van der Waals surface area contributed by atoms with Crippen LogP contribution in [0.3, 0.4) is 0 Å². The molecule has 22 N–H and O–H groups in total. The molecule has 22 saturated heterocycles. The molecular formula is C49H79N3O37. The zero-order valence-electron chi connectivity index (χ0n) is 46.7. The Labute approximate surface area is 502 Å². The molecule has 38 atom stereocenters. The molecule has 89 heavy (non-hydrogen) atoms. The molecule has 0 unspecified atom stereocenters. The smallest absolute Gasteiger partial charge is 0.187 e. The summed E-state index contributed by atoms with van der Waals surface area (Å²) in [4.78, 5) is 0. The topological polar surface area (TPSA) is 614 Å². The van der Waals surface area contributed by atoms with Gasteiger partial charge in [0, 0.05) is 6.42 Å². The molecule has 0 saturated carbocycles. The molecule has 1 aromatic heterocycles. The van der Waals surface area contributed by atoms with Crippen LogP contribution in [0.15, 0.2) is 6.20 Å². The molecular weight excluding hydrogens is 1220 g/mol. The van der Waals surface area contributed by atoms with Crippen molar-refractivity contribution in [2.75, 3.05) is 46.2 Å². The second-order valence-electron chi connectivity index (χ2n) is 23.0. The average Bonchev–Trinajstić information content (AvgIpc) is 2.18. The summed E-state index contributed by atoms with van der Waals surface area (Å²) in [7, 11) is 0. The van der Waals surface area contributed by atoms with Gasteiger partial charge in [0.15, 0.2) is 44.0 Å². The Hall–Kier alpha value is -2.34. The van der Waals surface area contributed by atoms with Crippen LogP contribution in [0.2, 0.25) is 0 Å². The number of aliphatic hydroxyl groups excluding tert-OH is 22. The lowest BCUT2D eigenvalue weighted by Gasteiger charge is -2.50. The Bertz CT molecular complexity index is 2360. The summed E-state index contributed by atoms with van der Waals surface area (Å²) in [6.07, 6.45) is -73.0. The summed E-state index contributed by atoms with van der Waals surface area (Å²) in [5.41, 5.74) is 0.131. The molecule has 40 heteroatoms. The van der Waals surface area contributed by atoms with Gasteiger partial charge in [-0.3, -0.25) is 0 Å². The van der Waals surface area contributed by atoms with Crippen molar-refractivity contribution in [3.05, 3.63) is 11.9 Å². The van der Waals surface area contributed by atoms with Gasteiger partial charge in [0.25, 0.3) is 0 Å². The standard InChI is InChI=1S/C49H79N3O37/c53-4-15-12(60)1-13(75-15)11-2-52(51-50-11)3-14-36-22(61)29(68)43(76-14)84-37-16(5-54)78-45(31(70)24(37)63)86-39-18(7-56)80-47(33(72)26(39)65)88-41-20(9-58)82-49(35(74)28(41)67)89-42-21(10-59)81-48(34(73)27(42)66)87-40-19(8-57)79-46(32(71)25(40)64)85-38-17(6-55)77-44(83-36)30(69)23(38)62/h2,12-49,53-74H,1,3-10H2/t12-,13+,14+,15+,16+,17+,18+,19+,20+,21+,22+,23+,24+,25+,26+,27+,28+,29+,30+,31+,32+,33+,34+,35+,36+,37+,38+,39+,40+,41+,42+,43+,44+,45+,46+,47+,48+,49+/m0/s1. The van der Waals surface area contributed by atoms with E-state index in [4.69, 9.17) is 71.1 Å². The largest absolute Gasteiger partial charge is 0.394 e. The first-order valence-electron chi connectivity index (χ1n) is 28.7. The molecule has 0 aromatic carbocycles. The third-order valence-corrected chi connectivity index (χ3v) is 17.3. The lowest BCUT2D eigenvalue weighted by molar-refractivity contribution is -0.396. The van der Waals surface area contributed by atoms with E-state index in [1.807, 2.05) is 0 Å². The molecule has 40 nitrogen and oxygen atoms in total. The van der Waals surface area contributed by atoms with Crippen molar-refractivity contribution in [2.45, 2.75) is 246 Å². The van der Waals surface area contributed by atoms with Crippen LogP contribution in [0, 0.1) is 0 Å². The fraction of sp³-hybridized carbons (Fsp3) is 0.959. The second-order valence-corrected chi connectivity index (χ2v) is 23.0. The third kappa shape index (κ3) is 13.8. The van der Waals surface area contributed by atoms with E-state index in [1.165, 1.54) is 6.20 Å². The lowest BCUT2D eigenvalue weighted by Crippen LogP contribution is -2.68. The Balaban J connectivity index is 0.951. The first-order valence-corrected chi connectivity index (χ1v) is 28.7. The molecule has 1 aromatic rings. The van der Waals surface area contributed by atoms with E-state index in [1.54, 1.807) is 0 Å². The molecule has 22 fully saturated rings. The molecule has 22 aliphatic heterocycles. The Kier molecular flexibility index (Phi) is 22.9. The molecule has 23 rings (SSSR count). The number of hydrogen-bond donors (Lipinski definition) is 22. The van der Waals surface area contributed by atoms with Crippen LogP contribution < -0.4 is 0 Å². The molecule has 22 aliphatic rings. The third-order valence-electron chi connectivity index (χ3n) is 17.3. The summed E-state index contributed by atoms with van der Waals surface area (Å²) in [5, 5.41) is 252. The van der Waals surface area contributed by atoms with Crippen molar-refractivity contribution < 1.29 is 183 Å². The van der Waals surface area contributed by atoms with Gasteiger partial charge in [0.1, 0.15) is 189 Å². The van der Waals surface area contributed by atoms with Gasteiger partial charge in [-0.1, -0.05) is 5.21 Å². The predicted octanol–water partition coefficient (Wildman–Crippen LogP) is -15.7. The van der Waals surface area contributed by atoms with E-state index >= 15 is 0 Å². The van der Waals surface area contributed by atoms with Gasteiger partial charge >= 0.3 is 0 Å². The van der Waals surface area contributed by atoms with Crippen molar-refractivity contribution in [1.29, 1.82) is 0 Å². The summed E-state index contributed by atoms with van der Waals surface area (Å²) < 4.78 is 88.2. The fourth-order valence-electron chi connectivity index (χ4n) is 12.2. The summed E-state index contributed by atoms with van der Waals surface area (Å²) in [5.74, 6) is 0. The number of aliphatic hydroxyl groups is 22. The number of aromatic nitrogens is 3. The Morgan fingerprint density at radius 1 is 0.292 bits per heavy atom. The quantitative estimate of drug-likeness (QED) is 0.103. The van der Waals surface area contributed by atoms with Crippen LogP contribution in [-0.4, -0.2) is 401 Å². The SMILES string of the molecule is OC[C@H]1O[C@@H]2O[C@H]3[C@H](O)[C@@H](O)[C@@H](O[C@H]4[C@H](O)[C@@H](O)[C@@H](O[C@H]5[C@H](O)[C@@H](O)[C@@H](O[C@H]6[C@H](O)[C@@H](O)[C@@H](O[C@H]7[C@H](O)[C@@H](O)[C@@H](O[C@H]8[C@H](O)[C@@H](O)[C@@H](O[C@H]1[C@H](O)[C@H]2O)O[C@@H]8CO)O[C@@H]7CO)O[C@@H]6CO)O[C@@H]5Cn1cc([C@H]2C[C@H](O)[C@@H](CO)O2)nn1)O[C@@H]4CO)O[C@@H]3CO. The van der Waals surface area contributed by atoms with E-state index in [9.17, 15) is 112 Å². The summed E-state index contributed by atoms with van der Waals surface area (Å²) in [6.45, 7) is -7.49. The monoisotopic (exact) mass is 1300 g/mol. The minimum atomic E-state index is -2.26. The van der Waals surface area contributed by atoms with Crippen LogP contribution in [0.5, 0.6) is 0 Å². The van der Waals surface area contributed by atoms with Crippen molar-refractivity contribution >= 4 is 0 Å². The molecule has 0 spiro atoms. The first kappa shape index (κ1) is 69.5. The van der Waals surface area contributed by atoms with E-state index in [0.29, 0.717) is 0 Å². The number of ether oxygens (including phenoxy) is 15. The maximum Gasteiger partial charge on any atom is 0.187 e. The maximum atomic E-state index is 11.9.